The van der Waals surface area contributed by atoms with Gasteiger partial charge in [0.2, 0.25) is 0 Å². The molecule has 4 N–H and O–H groups in total. The molecule has 0 bridgehead atoms. The summed E-state index contributed by atoms with van der Waals surface area (Å²) in [5.74, 6) is 0.182. The van der Waals surface area contributed by atoms with Crippen LogP contribution >= 0.6 is 0 Å². The van der Waals surface area contributed by atoms with Gasteiger partial charge in [0.05, 0.1) is 22.8 Å². The van der Waals surface area contributed by atoms with Crippen molar-refractivity contribution < 1.29 is 9.90 Å². The Bertz CT molecular complexity index is 915. The highest BCUT2D eigenvalue weighted by Crippen LogP contribution is 2.35. The number of carbonyl (C=O) groups is 1. The van der Waals surface area contributed by atoms with Crippen LogP contribution in [0.4, 0.5) is 4.79 Å². The Morgan fingerprint density at radius 2 is 1.45 bits per heavy atom. The van der Waals surface area contributed by atoms with Gasteiger partial charge in [0, 0.05) is 36.3 Å². The van der Waals surface area contributed by atoms with Crippen LogP contribution in [0.15, 0.2) is 59.0 Å². The average Bonchev–Trinajstić information content (AvgIpc) is 2.74. The molecule has 4 atom stereocenters. The van der Waals surface area contributed by atoms with Crippen LogP contribution in [0.3, 0.4) is 0 Å². The fraction of sp³-hybridized carbons (Fsp3) is 0.381. The minimum Gasteiger partial charge on any atom is -0.465 e. The number of rotatable bonds is 3. The molecule has 0 saturated heterocycles. The highest BCUT2D eigenvalue weighted by atomic mass is 16.4. The van der Waals surface area contributed by atoms with Crippen molar-refractivity contribution in [2.24, 2.45) is 27.8 Å². The Morgan fingerprint density at radius 1 is 0.897 bits per heavy atom. The number of pyridine rings is 2. The van der Waals surface area contributed by atoms with E-state index in [1.54, 1.807) is 12.4 Å². The third kappa shape index (κ3) is 4.17. The van der Waals surface area contributed by atoms with Crippen molar-refractivity contribution in [3.8, 4) is 0 Å². The predicted molar refractivity (Wildman–Crippen MR) is 110 cm³/mol. The molecule has 4 rings (SSSR count). The summed E-state index contributed by atoms with van der Waals surface area (Å²) in [6, 6.07) is 11.0. The summed E-state index contributed by atoms with van der Waals surface area (Å²) in [4.78, 5) is 20.1. The first-order valence-electron chi connectivity index (χ1n) is 9.86. The molecule has 2 aromatic heterocycles. The molecule has 3 heterocycles. The molecule has 0 spiro atoms. The molecule has 1 aliphatic heterocycles. The van der Waals surface area contributed by atoms with E-state index in [-0.39, 0.29) is 23.9 Å². The zero-order chi connectivity index (χ0) is 20.2. The summed E-state index contributed by atoms with van der Waals surface area (Å²) >= 11 is 0. The second-order valence-electron chi connectivity index (χ2n) is 7.49. The monoisotopic (exact) mass is 392 g/mol. The Balaban J connectivity index is 1.71. The van der Waals surface area contributed by atoms with Gasteiger partial charge in [-0.2, -0.15) is 10.2 Å². The summed E-state index contributed by atoms with van der Waals surface area (Å²) in [6.45, 7) is 0. The van der Waals surface area contributed by atoms with Gasteiger partial charge in [-0.25, -0.2) is 4.79 Å². The van der Waals surface area contributed by atoms with E-state index in [1.807, 2.05) is 36.4 Å². The van der Waals surface area contributed by atoms with Crippen molar-refractivity contribution >= 4 is 17.5 Å². The van der Waals surface area contributed by atoms with Gasteiger partial charge in [0.1, 0.15) is 0 Å². The molecule has 8 heteroatoms. The number of nitrogens with zero attached hydrogens (tertiary/aromatic N) is 4. The molecule has 0 aromatic carbocycles. The second-order valence-corrected chi connectivity index (χ2v) is 7.49. The minimum atomic E-state index is -1.04. The van der Waals surface area contributed by atoms with Gasteiger partial charge in [0.15, 0.2) is 0 Å². The number of carboxylic acid groups (broad SMARTS) is 1. The molecule has 1 amide bonds. The van der Waals surface area contributed by atoms with Gasteiger partial charge in [-0.1, -0.05) is 12.1 Å². The maximum Gasteiger partial charge on any atom is 0.404 e. The van der Waals surface area contributed by atoms with Crippen LogP contribution < -0.4 is 11.1 Å². The largest absolute Gasteiger partial charge is 0.465 e. The van der Waals surface area contributed by atoms with Gasteiger partial charge in [0.25, 0.3) is 0 Å². The second kappa shape index (κ2) is 8.48. The maximum absolute atomic E-state index is 11.2. The number of hydrogen-bond donors (Lipinski definition) is 3. The summed E-state index contributed by atoms with van der Waals surface area (Å²) < 4.78 is 0. The fourth-order valence-corrected chi connectivity index (χ4v) is 4.31. The summed E-state index contributed by atoms with van der Waals surface area (Å²) in [5, 5.41) is 20.9. The Hall–Kier alpha value is -3.13. The van der Waals surface area contributed by atoms with Crippen LogP contribution in [0.1, 0.15) is 37.1 Å². The Labute approximate surface area is 169 Å². The molecule has 2 aliphatic rings. The SMILES string of the molecule is N[C@@H]1CCC2C(c3ccccn3)=NN=C(c3ccccn3)C2CC[C@@H]1NC(=O)O. The fourth-order valence-electron chi connectivity index (χ4n) is 4.31. The van der Waals surface area contributed by atoms with Crippen LogP contribution in [0.5, 0.6) is 0 Å². The predicted octanol–water partition coefficient (Wildman–Crippen LogP) is 2.45. The first-order chi connectivity index (χ1) is 14.1. The van der Waals surface area contributed by atoms with E-state index in [1.165, 1.54) is 0 Å². The zero-order valence-electron chi connectivity index (χ0n) is 16.0. The van der Waals surface area contributed by atoms with E-state index >= 15 is 0 Å². The summed E-state index contributed by atoms with van der Waals surface area (Å²) in [6.07, 6.45) is 5.31. The Kier molecular flexibility index (Phi) is 5.62. The van der Waals surface area contributed by atoms with E-state index in [2.05, 4.69) is 25.5 Å². The maximum atomic E-state index is 11.2. The molecular weight excluding hydrogens is 368 g/mol. The first-order valence-corrected chi connectivity index (χ1v) is 9.86. The molecule has 150 valence electrons. The lowest BCUT2D eigenvalue weighted by Gasteiger charge is -2.36. The minimum absolute atomic E-state index is 0.0741. The van der Waals surface area contributed by atoms with Crippen LogP contribution in [0, 0.1) is 11.8 Å². The third-order valence-electron chi connectivity index (χ3n) is 5.73. The van der Waals surface area contributed by atoms with Crippen molar-refractivity contribution in [2.75, 3.05) is 0 Å². The van der Waals surface area contributed by atoms with Gasteiger partial charge >= 0.3 is 6.09 Å². The third-order valence-corrected chi connectivity index (χ3v) is 5.73. The topological polar surface area (TPSA) is 126 Å². The molecule has 0 radical (unpaired) electrons. The summed E-state index contributed by atoms with van der Waals surface area (Å²) in [5.41, 5.74) is 9.66. The van der Waals surface area contributed by atoms with E-state index in [4.69, 9.17) is 5.73 Å². The molecule has 1 saturated carbocycles. The lowest BCUT2D eigenvalue weighted by molar-refractivity contribution is 0.183. The number of nitrogens with one attached hydrogen (secondary N) is 1. The number of nitrogens with two attached hydrogens (primary N) is 1. The normalized spacial score (nSPS) is 26.9. The average molecular weight is 392 g/mol. The lowest BCUT2D eigenvalue weighted by Crippen LogP contribution is -2.50. The lowest BCUT2D eigenvalue weighted by atomic mass is 9.72. The van der Waals surface area contributed by atoms with Gasteiger partial charge < -0.3 is 16.2 Å². The smallest absolute Gasteiger partial charge is 0.404 e. The van der Waals surface area contributed by atoms with E-state index < -0.39 is 6.09 Å². The van der Waals surface area contributed by atoms with Gasteiger partial charge in [-0.05, 0) is 49.9 Å². The number of fused-ring (bicyclic) bond motifs is 1. The van der Waals surface area contributed by atoms with Crippen molar-refractivity contribution in [1.29, 1.82) is 0 Å². The molecule has 2 unspecified atom stereocenters. The molecular formula is C21H24N6O2. The zero-order valence-corrected chi connectivity index (χ0v) is 16.0. The number of amides is 1. The van der Waals surface area contributed by atoms with Crippen molar-refractivity contribution in [2.45, 2.75) is 37.8 Å². The molecule has 29 heavy (non-hydrogen) atoms. The van der Waals surface area contributed by atoms with Crippen LogP contribution in [0.2, 0.25) is 0 Å². The Morgan fingerprint density at radius 3 is 1.93 bits per heavy atom. The molecule has 8 nitrogen and oxygen atoms in total. The number of aromatic nitrogens is 2. The van der Waals surface area contributed by atoms with E-state index in [9.17, 15) is 9.90 Å². The standard InChI is InChI=1S/C21H24N6O2/c22-15-9-7-13-14(8-10-16(15)25-21(28)29)20(18-6-2-4-12-24-18)27-26-19(13)17-5-1-3-11-23-17/h1-6,11-16,25H,7-10,22H2,(H,28,29)/t13?,14?,15-,16+/m1/s1. The van der Waals surface area contributed by atoms with Crippen LogP contribution in [-0.4, -0.2) is 44.7 Å². The number of hydrogen-bond acceptors (Lipinski definition) is 6. The molecule has 1 fully saturated rings. The van der Waals surface area contributed by atoms with Crippen molar-refractivity contribution in [3.05, 3.63) is 60.2 Å². The van der Waals surface area contributed by atoms with Crippen LogP contribution in [-0.2, 0) is 0 Å². The quantitative estimate of drug-likeness (QED) is 0.740. The summed E-state index contributed by atoms with van der Waals surface area (Å²) in [7, 11) is 0. The highest BCUT2D eigenvalue weighted by Gasteiger charge is 2.38. The van der Waals surface area contributed by atoms with E-state index in [0.717, 1.165) is 35.7 Å². The van der Waals surface area contributed by atoms with Crippen molar-refractivity contribution in [1.82, 2.24) is 15.3 Å². The van der Waals surface area contributed by atoms with Gasteiger partial charge in [-0.3, -0.25) is 9.97 Å². The highest BCUT2D eigenvalue weighted by molar-refractivity contribution is 6.10. The molecule has 2 aromatic rings. The van der Waals surface area contributed by atoms with E-state index in [0.29, 0.717) is 12.8 Å². The van der Waals surface area contributed by atoms with Gasteiger partial charge in [-0.15, -0.1) is 0 Å². The van der Waals surface area contributed by atoms with Crippen molar-refractivity contribution in [3.63, 3.8) is 0 Å². The van der Waals surface area contributed by atoms with Crippen LogP contribution in [0.25, 0.3) is 0 Å². The molecule has 1 aliphatic carbocycles. The first kappa shape index (κ1) is 19.2.